The van der Waals surface area contributed by atoms with Crippen molar-refractivity contribution in [3.05, 3.63) is 42.0 Å². The quantitative estimate of drug-likeness (QED) is 0.530. The maximum absolute atomic E-state index is 14.3. The van der Waals surface area contributed by atoms with E-state index in [4.69, 9.17) is 9.94 Å². The maximum atomic E-state index is 14.3. The van der Waals surface area contributed by atoms with Crippen molar-refractivity contribution in [1.82, 2.24) is 9.97 Å². The number of anilines is 1. The standard InChI is InChI=1S/C15H18B3FN4O2/c16-15(17,18)25-22-11-6-23(7-11)14-20-4-10(5-21-14)12-3-1-2-9(8-24)13(12)19/h1-5,24H,6-8,16-18H2. The van der Waals surface area contributed by atoms with Gasteiger partial charge in [-0.25, -0.2) is 14.4 Å². The van der Waals surface area contributed by atoms with E-state index in [2.05, 4.69) is 15.1 Å². The van der Waals surface area contributed by atoms with E-state index in [0.717, 1.165) is 5.71 Å². The Hall–Kier alpha value is -2.35. The van der Waals surface area contributed by atoms with Crippen molar-refractivity contribution in [1.29, 1.82) is 0 Å². The number of benzene rings is 1. The summed E-state index contributed by atoms with van der Waals surface area (Å²) in [6.45, 7) is 0.888. The van der Waals surface area contributed by atoms with E-state index in [9.17, 15) is 4.39 Å². The molecule has 6 nitrogen and oxygen atoms in total. The molecule has 1 saturated heterocycles. The maximum Gasteiger partial charge on any atom is 0.225 e. The number of aliphatic hydroxyl groups excluding tert-OH is 1. The number of aliphatic hydroxyl groups is 1. The Morgan fingerprint density at radius 2 is 1.92 bits per heavy atom. The third-order valence-corrected chi connectivity index (χ3v) is 3.68. The van der Waals surface area contributed by atoms with E-state index in [0.29, 0.717) is 30.2 Å². The summed E-state index contributed by atoms with van der Waals surface area (Å²) in [5, 5.41) is 13.0. The van der Waals surface area contributed by atoms with Crippen molar-refractivity contribution in [2.24, 2.45) is 5.16 Å². The van der Waals surface area contributed by atoms with Crippen LogP contribution in [0.5, 0.6) is 0 Å². The molecule has 1 aliphatic heterocycles. The van der Waals surface area contributed by atoms with E-state index in [1.807, 2.05) is 28.4 Å². The summed E-state index contributed by atoms with van der Waals surface area (Å²) < 4.78 is 14.3. The normalized spacial score (nSPS) is 14.2. The van der Waals surface area contributed by atoms with Crippen LogP contribution in [0.3, 0.4) is 0 Å². The molecule has 1 fully saturated rings. The average molecular weight is 338 g/mol. The molecule has 2 heterocycles. The molecule has 0 bridgehead atoms. The van der Waals surface area contributed by atoms with Gasteiger partial charge >= 0.3 is 0 Å². The van der Waals surface area contributed by atoms with Gasteiger partial charge in [-0.1, -0.05) is 23.4 Å². The third kappa shape index (κ3) is 4.01. The van der Waals surface area contributed by atoms with E-state index < -0.39 is 5.82 Å². The van der Waals surface area contributed by atoms with Gasteiger partial charge in [-0.3, -0.25) is 0 Å². The molecule has 0 unspecified atom stereocenters. The Morgan fingerprint density at radius 1 is 1.24 bits per heavy atom. The summed E-state index contributed by atoms with van der Waals surface area (Å²) in [6.07, 6.45) is 3.17. The zero-order valence-corrected chi connectivity index (χ0v) is 14.5. The van der Waals surface area contributed by atoms with Gasteiger partial charge in [-0.2, -0.15) is 0 Å². The topological polar surface area (TPSA) is 70.8 Å². The lowest BCUT2D eigenvalue weighted by molar-refractivity contribution is 0.137. The van der Waals surface area contributed by atoms with Gasteiger partial charge in [-0.15, -0.1) is 0 Å². The van der Waals surface area contributed by atoms with Crippen molar-refractivity contribution in [3.8, 4) is 11.1 Å². The molecule has 1 aliphatic rings. The first-order chi connectivity index (χ1) is 11.9. The molecule has 2 aromatic rings. The minimum absolute atomic E-state index is 0.254. The monoisotopic (exact) mass is 338 g/mol. The number of nitrogens with zero attached hydrogens (tertiary/aromatic N) is 4. The average Bonchev–Trinajstić information content (AvgIpc) is 2.53. The molecule has 0 atom stereocenters. The van der Waals surface area contributed by atoms with Gasteiger partial charge in [0.05, 0.1) is 25.4 Å². The second-order valence-corrected chi connectivity index (χ2v) is 6.93. The van der Waals surface area contributed by atoms with Crippen molar-refractivity contribution < 1.29 is 14.3 Å². The van der Waals surface area contributed by atoms with Crippen LogP contribution in [0.1, 0.15) is 5.56 Å². The molecule has 126 valence electrons. The van der Waals surface area contributed by atoms with E-state index >= 15 is 0 Å². The van der Waals surface area contributed by atoms with Gasteiger partial charge in [-0.05, 0) is 0 Å². The number of aromatic nitrogens is 2. The highest BCUT2D eigenvalue weighted by molar-refractivity contribution is 6.58. The Bertz CT molecular complexity index is 788. The van der Waals surface area contributed by atoms with E-state index in [-0.39, 0.29) is 17.5 Å². The molecule has 0 radical (unpaired) electrons. The Kier molecular flexibility index (Phi) is 4.81. The molecule has 10 heteroatoms. The number of rotatable bonds is 5. The van der Waals surface area contributed by atoms with E-state index in [1.165, 1.54) is 0 Å². The predicted octanol–water partition coefficient (Wildman–Crippen LogP) is -1.52. The van der Waals surface area contributed by atoms with Gasteiger partial charge in [0, 0.05) is 34.4 Å². The summed E-state index contributed by atoms with van der Waals surface area (Å²) >= 11 is 0. The van der Waals surface area contributed by atoms with Crippen LogP contribution >= 0.6 is 0 Å². The summed E-state index contributed by atoms with van der Waals surface area (Å²) in [4.78, 5) is 16.0. The number of oxime groups is 1. The summed E-state index contributed by atoms with van der Waals surface area (Å²) in [6, 6.07) is 4.89. The second kappa shape index (κ2) is 6.88. The Labute approximate surface area is 148 Å². The SMILES string of the molecule is BC(B)(B)ON=C1CN(c2ncc(-c3cccc(CO)c3F)cn2)C1. The second-order valence-electron chi connectivity index (χ2n) is 6.93. The fraction of sp³-hybridized carbons (Fsp3) is 0.267. The molecule has 0 spiro atoms. The van der Waals surface area contributed by atoms with Crippen LogP contribution in [0, 0.1) is 5.82 Å². The summed E-state index contributed by atoms with van der Waals surface area (Å²) in [7, 11) is 5.83. The molecule has 1 N–H and O–H groups in total. The third-order valence-electron chi connectivity index (χ3n) is 3.68. The molecule has 1 aromatic heterocycles. The van der Waals surface area contributed by atoms with Crippen LogP contribution in [0.25, 0.3) is 11.1 Å². The van der Waals surface area contributed by atoms with Gasteiger partial charge in [0.15, 0.2) is 0 Å². The van der Waals surface area contributed by atoms with Gasteiger partial charge in [0.25, 0.3) is 0 Å². The molecule has 0 aliphatic carbocycles. The fourth-order valence-corrected chi connectivity index (χ4v) is 2.34. The highest BCUT2D eigenvalue weighted by atomic mass is 19.1. The lowest BCUT2D eigenvalue weighted by Gasteiger charge is -2.32. The van der Waals surface area contributed by atoms with Crippen LogP contribution in [-0.2, 0) is 11.4 Å². The molecule has 0 amide bonds. The van der Waals surface area contributed by atoms with Crippen LogP contribution in [0.15, 0.2) is 35.7 Å². The van der Waals surface area contributed by atoms with Crippen LogP contribution in [0.4, 0.5) is 10.3 Å². The first-order valence-corrected chi connectivity index (χ1v) is 8.07. The summed E-state index contributed by atoms with van der Waals surface area (Å²) in [5.74, 6) is 0.122. The predicted molar refractivity (Wildman–Crippen MR) is 102 cm³/mol. The van der Waals surface area contributed by atoms with Gasteiger partial charge < -0.3 is 14.8 Å². The minimum atomic E-state index is -0.445. The van der Waals surface area contributed by atoms with Crippen molar-refractivity contribution in [3.63, 3.8) is 0 Å². The Morgan fingerprint density at radius 3 is 2.52 bits per heavy atom. The first kappa shape index (κ1) is 17.5. The molecule has 0 saturated carbocycles. The molecular weight excluding hydrogens is 320 g/mol. The van der Waals surface area contributed by atoms with E-state index in [1.54, 1.807) is 30.6 Å². The highest BCUT2D eigenvalue weighted by Crippen LogP contribution is 2.25. The largest absolute Gasteiger partial charge is 0.417 e. The van der Waals surface area contributed by atoms with Crippen molar-refractivity contribution in [2.75, 3.05) is 18.0 Å². The van der Waals surface area contributed by atoms with Gasteiger partial charge in [0.2, 0.25) is 5.95 Å². The molecule has 1 aromatic carbocycles. The highest BCUT2D eigenvalue weighted by Gasteiger charge is 2.26. The van der Waals surface area contributed by atoms with Crippen LogP contribution < -0.4 is 4.90 Å². The zero-order valence-electron chi connectivity index (χ0n) is 14.5. The molecule has 25 heavy (non-hydrogen) atoms. The smallest absolute Gasteiger partial charge is 0.225 e. The fourth-order valence-electron chi connectivity index (χ4n) is 2.34. The minimum Gasteiger partial charge on any atom is -0.417 e. The first-order valence-electron chi connectivity index (χ1n) is 8.07. The molecular formula is C15H18B3FN4O2. The lowest BCUT2D eigenvalue weighted by atomic mass is 9.52. The van der Waals surface area contributed by atoms with Crippen molar-refractivity contribution >= 4 is 35.2 Å². The number of hydrogen-bond acceptors (Lipinski definition) is 6. The zero-order chi connectivity index (χ0) is 18.0. The van der Waals surface area contributed by atoms with Crippen molar-refractivity contribution in [2.45, 2.75) is 11.9 Å². The molecule has 3 rings (SSSR count). The summed E-state index contributed by atoms with van der Waals surface area (Å²) in [5.41, 5.74) is 2.14. The lowest BCUT2D eigenvalue weighted by Crippen LogP contribution is -2.49. The van der Waals surface area contributed by atoms with Gasteiger partial charge in [0.1, 0.15) is 29.4 Å². The Balaban J connectivity index is 1.68. The number of hydrogen-bond donors (Lipinski definition) is 1. The number of halogens is 1. The van der Waals surface area contributed by atoms with Crippen LogP contribution in [-0.4, -0.2) is 62.7 Å². The van der Waals surface area contributed by atoms with Crippen LogP contribution in [0.2, 0.25) is 0 Å².